The molecule has 1 rings (SSSR count). The van der Waals surface area contributed by atoms with Gasteiger partial charge in [0.05, 0.1) is 12.5 Å². The van der Waals surface area contributed by atoms with Crippen molar-refractivity contribution in [2.45, 2.75) is 33.6 Å². The number of benzene rings is 1. The summed E-state index contributed by atoms with van der Waals surface area (Å²) in [5.74, 6) is -0.0658. The Kier molecular flexibility index (Phi) is 6.34. The van der Waals surface area contributed by atoms with Gasteiger partial charge in [0.15, 0.2) is 0 Å². The molecule has 0 N–H and O–H groups in total. The first-order valence-corrected chi connectivity index (χ1v) is 6.92. The Hall–Kier alpha value is -1.57. The van der Waals surface area contributed by atoms with E-state index in [9.17, 15) is 4.79 Å². The van der Waals surface area contributed by atoms with Crippen molar-refractivity contribution in [1.29, 1.82) is 0 Å². The number of hydrogen-bond acceptors (Lipinski definition) is 2. The van der Waals surface area contributed by atoms with Crippen LogP contribution in [0.2, 0.25) is 0 Å². The van der Waals surface area contributed by atoms with Gasteiger partial charge in [-0.2, -0.15) is 0 Å². The SMILES string of the molecule is C=C(C)[C@H](CCc1ccccc1)[C@H](C)C(=O)OCC. The summed E-state index contributed by atoms with van der Waals surface area (Å²) >= 11 is 0. The predicted octanol–water partition coefficient (Wildman–Crippen LogP) is 4.01. The Morgan fingerprint density at radius 2 is 1.95 bits per heavy atom. The Balaban J connectivity index is 2.63. The normalized spacial score (nSPS) is 13.6. The van der Waals surface area contributed by atoms with Gasteiger partial charge in [-0.1, -0.05) is 49.4 Å². The first kappa shape index (κ1) is 15.5. The van der Waals surface area contributed by atoms with Crippen LogP contribution in [0.5, 0.6) is 0 Å². The average molecular weight is 260 g/mol. The van der Waals surface area contributed by atoms with E-state index in [4.69, 9.17) is 4.74 Å². The van der Waals surface area contributed by atoms with Crippen LogP contribution in [0.25, 0.3) is 0 Å². The van der Waals surface area contributed by atoms with Crippen LogP contribution in [-0.2, 0) is 16.0 Å². The van der Waals surface area contributed by atoms with Crippen molar-refractivity contribution in [1.82, 2.24) is 0 Å². The summed E-state index contributed by atoms with van der Waals surface area (Å²) in [6.07, 6.45) is 1.89. The lowest BCUT2D eigenvalue weighted by molar-refractivity contribution is -0.148. The van der Waals surface area contributed by atoms with E-state index in [1.165, 1.54) is 5.56 Å². The molecule has 0 aliphatic heterocycles. The minimum Gasteiger partial charge on any atom is -0.466 e. The first-order chi connectivity index (χ1) is 9.06. The van der Waals surface area contributed by atoms with E-state index in [0.717, 1.165) is 18.4 Å². The maximum atomic E-state index is 11.8. The maximum Gasteiger partial charge on any atom is 0.309 e. The predicted molar refractivity (Wildman–Crippen MR) is 78.9 cm³/mol. The molecule has 2 nitrogen and oxygen atoms in total. The molecule has 2 atom stereocenters. The molecule has 0 amide bonds. The average Bonchev–Trinajstić information content (AvgIpc) is 2.39. The quantitative estimate of drug-likeness (QED) is 0.547. The fourth-order valence-corrected chi connectivity index (χ4v) is 2.33. The maximum absolute atomic E-state index is 11.8. The highest BCUT2D eigenvalue weighted by Gasteiger charge is 2.25. The van der Waals surface area contributed by atoms with Crippen molar-refractivity contribution < 1.29 is 9.53 Å². The van der Waals surface area contributed by atoms with Crippen LogP contribution in [0, 0.1) is 11.8 Å². The molecule has 0 fully saturated rings. The van der Waals surface area contributed by atoms with Gasteiger partial charge >= 0.3 is 5.97 Å². The molecule has 1 aromatic carbocycles. The Bertz CT molecular complexity index is 409. The molecule has 0 saturated carbocycles. The lowest BCUT2D eigenvalue weighted by Crippen LogP contribution is -2.24. The summed E-state index contributed by atoms with van der Waals surface area (Å²) in [7, 11) is 0. The molecule has 0 saturated heterocycles. The van der Waals surface area contributed by atoms with Crippen molar-refractivity contribution in [3.8, 4) is 0 Å². The minimum atomic E-state index is -0.124. The molecule has 104 valence electrons. The highest BCUT2D eigenvalue weighted by atomic mass is 16.5. The number of carbonyl (C=O) groups excluding carboxylic acids is 1. The van der Waals surface area contributed by atoms with Gasteiger partial charge in [0, 0.05) is 0 Å². The van der Waals surface area contributed by atoms with Crippen molar-refractivity contribution in [2.75, 3.05) is 6.61 Å². The second kappa shape index (κ2) is 7.78. The zero-order chi connectivity index (χ0) is 14.3. The van der Waals surface area contributed by atoms with E-state index in [1.807, 2.05) is 39.0 Å². The summed E-state index contributed by atoms with van der Waals surface area (Å²) in [5.41, 5.74) is 2.35. The Labute approximate surface area is 116 Å². The molecule has 0 unspecified atom stereocenters. The topological polar surface area (TPSA) is 26.3 Å². The van der Waals surface area contributed by atoms with Crippen LogP contribution < -0.4 is 0 Å². The number of allylic oxidation sites excluding steroid dienone is 1. The molecule has 1 aromatic rings. The highest BCUT2D eigenvalue weighted by molar-refractivity contribution is 5.72. The number of aryl methyl sites for hydroxylation is 1. The van der Waals surface area contributed by atoms with Gasteiger partial charge in [-0.05, 0) is 38.2 Å². The van der Waals surface area contributed by atoms with Crippen molar-refractivity contribution in [3.63, 3.8) is 0 Å². The molecule has 19 heavy (non-hydrogen) atoms. The lowest BCUT2D eigenvalue weighted by atomic mass is 9.84. The number of carbonyl (C=O) groups is 1. The number of hydrogen-bond donors (Lipinski definition) is 0. The smallest absolute Gasteiger partial charge is 0.309 e. The molecule has 0 aliphatic carbocycles. The van der Waals surface area contributed by atoms with Gasteiger partial charge in [-0.25, -0.2) is 0 Å². The van der Waals surface area contributed by atoms with Crippen LogP contribution >= 0.6 is 0 Å². The zero-order valence-corrected chi connectivity index (χ0v) is 12.2. The van der Waals surface area contributed by atoms with Gasteiger partial charge < -0.3 is 4.74 Å². The van der Waals surface area contributed by atoms with Crippen molar-refractivity contribution >= 4 is 5.97 Å². The number of rotatable bonds is 7. The molecule has 0 spiro atoms. The van der Waals surface area contributed by atoms with Crippen LogP contribution in [0.3, 0.4) is 0 Å². The van der Waals surface area contributed by atoms with E-state index < -0.39 is 0 Å². The third kappa shape index (κ3) is 4.90. The number of ether oxygens (including phenoxy) is 1. The molecule has 2 heteroatoms. The second-order valence-corrected chi connectivity index (χ2v) is 5.02. The van der Waals surface area contributed by atoms with Crippen LogP contribution in [0.4, 0.5) is 0 Å². The molecule has 0 radical (unpaired) electrons. The Morgan fingerprint density at radius 1 is 1.32 bits per heavy atom. The summed E-state index contributed by atoms with van der Waals surface area (Å²) < 4.78 is 5.11. The summed E-state index contributed by atoms with van der Waals surface area (Å²) in [4.78, 5) is 11.8. The zero-order valence-electron chi connectivity index (χ0n) is 12.2. The van der Waals surface area contributed by atoms with Gasteiger partial charge in [-0.3, -0.25) is 4.79 Å². The van der Waals surface area contributed by atoms with E-state index >= 15 is 0 Å². The third-order valence-electron chi connectivity index (χ3n) is 3.48. The second-order valence-electron chi connectivity index (χ2n) is 5.02. The molecule has 0 heterocycles. The summed E-state index contributed by atoms with van der Waals surface area (Å²) in [6.45, 7) is 10.2. The van der Waals surface area contributed by atoms with E-state index in [0.29, 0.717) is 6.61 Å². The number of esters is 1. The molecule has 0 bridgehead atoms. The third-order valence-corrected chi connectivity index (χ3v) is 3.48. The first-order valence-electron chi connectivity index (χ1n) is 6.92. The molecule has 0 aromatic heterocycles. The lowest BCUT2D eigenvalue weighted by Gasteiger charge is -2.23. The molecule has 0 aliphatic rings. The highest BCUT2D eigenvalue weighted by Crippen LogP contribution is 2.26. The van der Waals surface area contributed by atoms with Gasteiger partial charge in [0.1, 0.15) is 0 Å². The van der Waals surface area contributed by atoms with Crippen molar-refractivity contribution in [2.24, 2.45) is 11.8 Å². The van der Waals surface area contributed by atoms with Gasteiger partial charge in [0.2, 0.25) is 0 Å². The fraction of sp³-hybridized carbons (Fsp3) is 0.471. The monoisotopic (exact) mass is 260 g/mol. The summed E-state index contributed by atoms with van der Waals surface area (Å²) in [6, 6.07) is 10.3. The fourth-order valence-electron chi connectivity index (χ4n) is 2.33. The largest absolute Gasteiger partial charge is 0.466 e. The van der Waals surface area contributed by atoms with Crippen LogP contribution in [0.1, 0.15) is 32.8 Å². The van der Waals surface area contributed by atoms with Gasteiger partial charge in [0.25, 0.3) is 0 Å². The summed E-state index contributed by atoms with van der Waals surface area (Å²) in [5, 5.41) is 0. The molecular formula is C17H24O2. The van der Waals surface area contributed by atoms with Crippen LogP contribution in [-0.4, -0.2) is 12.6 Å². The van der Waals surface area contributed by atoms with Gasteiger partial charge in [-0.15, -0.1) is 0 Å². The van der Waals surface area contributed by atoms with E-state index in [-0.39, 0.29) is 17.8 Å². The van der Waals surface area contributed by atoms with E-state index in [1.54, 1.807) is 0 Å². The van der Waals surface area contributed by atoms with E-state index in [2.05, 4.69) is 18.7 Å². The standard InChI is InChI=1S/C17H24O2/c1-5-19-17(18)14(4)16(13(2)3)12-11-15-9-7-6-8-10-15/h6-10,14,16H,2,5,11-12H2,1,3-4H3/t14-,16-/m0/s1. The Morgan fingerprint density at radius 3 is 2.47 bits per heavy atom. The van der Waals surface area contributed by atoms with Crippen LogP contribution in [0.15, 0.2) is 42.5 Å². The molecular weight excluding hydrogens is 236 g/mol. The minimum absolute atomic E-state index is 0.122. The van der Waals surface area contributed by atoms with Crippen molar-refractivity contribution in [3.05, 3.63) is 48.0 Å².